The summed E-state index contributed by atoms with van der Waals surface area (Å²) in [6.07, 6.45) is 11.3. The summed E-state index contributed by atoms with van der Waals surface area (Å²) < 4.78 is 0. The van der Waals surface area contributed by atoms with Crippen LogP contribution in [0.15, 0.2) is 18.3 Å². The number of amides is 2. The Morgan fingerprint density at radius 2 is 1.76 bits per heavy atom. The molecule has 3 rings (SSSR count). The number of nitrogens with two attached hydrogens (primary N) is 1. The van der Waals surface area contributed by atoms with Gasteiger partial charge in [0.15, 0.2) is 0 Å². The quantitative estimate of drug-likeness (QED) is 0.856. The molecule has 1 aliphatic carbocycles. The van der Waals surface area contributed by atoms with Gasteiger partial charge >= 0.3 is 0 Å². The van der Waals surface area contributed by atoms with E-state index >= 15 is 0 Å². The Labute approximate surface area is 149 Å². The molecule has 1 aliphatic heterocycles. The summed E-state index contributed by atoms with van der Waals surface area (Å²) in [4.78, 5) is 30.2. The first-order valence-electron chi connectivity index (χ1n) is 9.40. The average Bonchev–Trinajstić information content (AvgIpc) is 2.67. The van der Waals surface area contributed by atoms with Gasteiger partial charge in [-0.2, -0.15) is 0 Å². The molecule has 0 unspecified atom stereocenters. The number of likely N-dealkylation sites (tertiary alicyclic amines) is 1. The van der Waals surface area contributed by atoms with Crippen LogP contribution < -0.4 is 11.1 Å². The van der Waals surface area contributed by atoms with Crippen molar-refractivity contribution in [2.75, 3.05) is 19.6 Å². The Morgan fingerprint density at radius 3 is 2.36 bits per heavy atom. The van der Waals surface area contributed by atoms with Crippen LogP contribution >= 0.6 is 0 Å². The van der Waals surface area contributed by atoms with Crippen LogP contribution in [-0.4, -0.2) is 46.9 Å². The number of carbonyl (C=O) groups excluding carboxylic acids is 2. The first kappa shape index (κ1) is 17.9. The highest BCUT2D eigenvalue weighted by Crippen LogP contribution is 2.35. The van der Waals surface area contributed by atoms with Gasteiger partial charge in [-0.15, -0.1) is 0 Å². The van der Waals surface area contributed by atoms with E-state index in [1.54, 1.807) is 6.07 Å². The van der Waals surface area contributed by atoms with Crippen LogP contribution in [-0.2, 0) is 0 Å². The Kier molecular flexibility index (Phi) is 5.68. The number of piperidine rings is 1. The van der Waals surface area contributed by atoms with Crippen molar-refractivity contribution in [3.05, 3.63) is 29.6 Å². The van der Waals surface area contributed by atoms with E-state index in [-0.39, 0.29) is 17.1 Å². The molecule has 0 atom stereocenters. The number of nitrogens with zero attached hydrogens (tertiary/aromatic N) is 2. The Morgan fingerprint density at radius 1 is 1.08 bits per heavy atom. The summed E-state index contributed by atoms with van der Waals surface area (Å²) in [7, 11) is 0. The van der Waals surface area contributed by atoms with Crippen molar-refractivity contribution < 1.29 is 9.59 Å². The first-order chi connectivity index (χ1) is 12.1. The summed E-state index contributed by atoms with van der Waals surface area (Å²) in [5, 5.41) is 3.12. The van der Waals surface area contributed by atoms with Gasteiger partial charge in [-0.3, -0.25) is 19.5 Å². The molecule has 2 heterocycles. The van der Waals surface area contributed by atoms with Crippen molar-refractivity contribution in [2.24, 2.45) is 5.73 Å². The minimum absolute atomic E-state index is 0.106. The zero-order valence-corrected chi connectivity index (χ0v) is 14.8. The molecule has 1 saturated carbocycles. The number of aromatic nitrogens is 1. The third-order valence-electron chi connectivity index (χ3n) is 5.67. The second-order valence-electron chi connectivity index (χ2n) is 7.31. The minimum atomic E-state index is -0.585. The Balaban J connectivity index is 1.65. The highest BCUT2D eigenvalue weighted by molar-refractivity contribution is 5.95. The molecule has 136 valence electrons. The molecule has 0 spiro atoms. The fourth-order valence-electron chi connectivity index (χ4n) is 4.20. The van der Waals surface area contributed by atoms with Crippen LogP contribution in [0.3, 0.4) is 0 Å². The summed E-state index contributed by atoms with van der Waals surface area (Å²) in [5.41, 5.74) is 5.94. The van der Waals surface area contributed by atoms with Crippen molar-refractivity contribution in [1.82, 2.24) is 15.2 Å². The molecule has 6 heteroatoms. The van der Waals surface area contributed by atoms with Gasteiger partial charge in [-0.1, -0.05) is 25.7 Å². The summed E-state index contributed by atoms with van der Waals surface area (Å²) in [6.45, 7) is 2.97. The molecule has 1 aromatic rings. The van der Waals surface area contributed by atoms with Crippen molar-refractivity contribution >= 4 is 11.8 Å². The minimum Gasteiger partial charge on any atom is -0.364 e. The van der Waals surface area contributed by atoms with E-state index in [1.807, 2.05) is 0 Å². The van der Waals surface area contributed by atoms with E-state index < -0.39 is 5.91 Å². The fraction of sp³-hybridized carbons (Fsp3) is 0.632. The van der Waals surface area contributed by atoms with Crippen LogP contribution in [0.25, 0.3) is 0 Å². The summed E-state index contributed by atoms with van der Waals surface area (Å²) >= 11 is 0. The predicted molar refractivity (Wildman–Crippen MR) is 96.3 cm³/mol. The van der Waals surface area contributed by atoms with Gasteiger partial charge in [0.25, 0.3) is 11.8 Å². The van der Waals surface area contributed by atoms with Gasteiger partial charge in [0.05, 0.1) is 5.56 Å². The molecule has 2 aliphatic rings. The maximum atomic E-state index is 12.5. The van der Waals surface area contributed by atoms with E-state index in [9.17, 15) is 9.59 Å². The highest BCUT2D eigenvalue weighted by Gasteiger charge is 2.38. The van der Waals surface area contributed by atoms with Gasteiger partial charge < -0.3 is 11.1 Å². The third-order valence-corrected chi connectivity index (χ3v) is 5.67. The Bertz CT molecular complexity index is 602. The molecule has 25 heavy (non-hydrogen) atoms. The topological polar surface area (TPSA) is 88.3 Å². The lowest BCUT2D eigenvalue weighted by Gasteiger charge is -2.48. The maximum Gasteiger partial charge on any atom is 0.267 e. The van der Waals surface area contributed by atoms with Crippen LogP contribution in [0.4, 0.5) is 0 Å². The monoisotopic (exact) mass is 344 g/mol. The smallest absolute Gasteiger partial charge is 0.267 e. The molecule has 2 amide bonds. The molecular formula is C19H28N4O2. The summed E-state index contributed by atoms with van der Waals surface area (Å²) in [6, 6.07) is 3.11. The van der Waals surface area contributed by atoms with Crippen molar-refractivity contribution in [2.45, 2.75) is 56.9 Å². The number of pyridine rings is 1. The predicted octanol–water partition coefficient (Wildman–Crippen LogP) is 2.10. The van der Waals surface area contributed by atoms with E-state index in [0.717, 1.165) is 25.9 Å². The first-order valence-corrected chi connectivity index (χ1v) is 9.40. The van der Waals surface area contributed by atoms with Crippen LogP contribution in [0.1, 0.15) is 72.2 Å². The number of rotatable bonds is 5. The van der Waals surface area contributed by atoms with Crippen LogP contribution in [0.5, 0.6) is 0 Å². The second-order valence-corrected chi connectivity index (χ2v) is 7.31. The molecule has 1 aromatic heterocycles. The van der Waals surface area contributed by atoms with Gasteiger partial charge in [-0.05, 0) is 50.9 Å². The number of hydrogen-bond acceptors (Lipinski definition) is 4. The lowest BCUT2D eigenvalue weighted by molar-refractivity contribution is 0.0326. The van der Waals surface area contributed by atoms with Gasteiger partial charge in [-0.25, -0.2) is 0 Å². The van der Waals surface area contributed by atoms with Crippen molar-refractivity contribution in [1.29, 1.82) is 0 Å². The fourth-order valence-corrected chi connectivity index (χ4v) is 4.20. The average molecular weight is 344 g/mol. The van der Waals surface area contributed by atoms with Gasteiger partial charge in [0.2, 0.25) is 0 Å². The van der Waals surface area contributed by atoms with Gasteiger partial charge in [0.1, 0.15) is 5.69 Å². The van der Waals surface area contributed by atoms with Crippen molar-refractivity contribution in [3.63, 3.8) is 0 Å². The lowest BCUT2D eigenvalue weighted by atomic mass is 9.79. The van der Waals surface area contributed by atoms with Gasteiger partial charge in [0, 0.05) is 18.3 Å². The van der Waals surface area contributed by atoms with E-state index in [0.29, 0.717) is 12.1 Å². The standard InChI is InChI=1S/C19H28N4O2/c20-17(24)16-8-7-15(13-21-16)18(25)22-14-19(9-3-1-4-10-19)23-11-5-2-6-12-23/h7-8,13H,1-6,9-12,14H2,(H2,20,24)(H,22,25). The van der Waals surface area contributed by atoms with Crippen LogP contribution in [0.2, 0.25) is 0 Å². The SMILES string of the molecule is NC(=O)c1ccc(C(=O)NCC2(N3CCCCC3)CCCCC2)cn1. The molecule has 1 saturated heterocycles. The molecule has 3 N–H and O–H groups in total. The zero-order valence-electron chi connectivity index (χ0n) is 14.8. The van der Waals surface area contributed by atoms with Crippen LogP contribution in [0, 0.1) is 0 Å². The molecule has 6 nitrogen and oxygen atoms in total. The Hall–Kier alpha value is -1.95. The summed E-state index contributed by atoms with van der Waals surface area (Å²) in [5.74, 6) is -0.719. The maximum absolute atomic E-state index is 12.5. The molecule has 2 fully saturated rings. The van der Waals surface area contributed by atoms with E-state index in [2.05, 4.69) is 15.2 Å². The van der Waals surface area contributed by atoms with E-state index in [4.69, 9.17) is 5.73 Å². The lowest BCUT2D eigenvalue weighted by Crippen LogP contribution is -2.58. The number of primary amides is 1. The number of hydrogen-bond donors (Lipinski definition) is 2. The normalized spacial score (nSPS) is 20.8. The zero-order chi connectivity index (χ0) is 17.7. The molecular weight excluding hydrogens is 316 g/mol. The largest absolute Gasteiger partial charge is 0.364 e. The highest BCUT2D eigenvalue weighted by atomic mass is 16.2. The molecule has 0 bridgehead atoms. The third kappa shape index (κ3) is 4.18. The second kappa shape index (κ2) is 7.95. The molecule has 0 radical (unpaired) electrons. The number of carbonyl (C=O) groups is 2. The molecule has 0 aromatic carbocycles. The van der Waals surface area contributed by atoms with E-state index in [1.165, 1.54) is 50.8 Å². The number of nitrogens with one attached hydrogen (secondary N) is 1. The van der Waals surface area contributed by atoms with Crippen molar-refractivity contribution in [3.8, 4) is 0 Å².